The molecule has 0 rings (SSSR count). The van der Waals surface area contributed by atoms with Gasteiger partial charge in [-0.25, -0.2) is 0 Å². The Bertz CT molecular complexity index is 160. The van der Waals surface area contributed by atoms with Gasteiger partial charge in [0.15, 0.2) is 0 Å². The van der Waals surface area contributed by atoms with Crippen molar-refractivity contribution < 1.29 is 9.59 Å². The van der Waals surface area contributed by atoms with Crippen LogP contribution >= 0.6 is 0 Å². The monoisotopic (exact) mass is 156 g/mol. The summed E-state index contributed by atoms with van der Waals surface area (Å²) in [5, 5.41) is 0. The van der Waals surface area contributed by atoms with Crippen LogP contribution in [0.4, 0.5) is 0 Å². The molecule has 0 aromatic rings. The van der Waals surface area contributed by atoms with Gasteiger partial charge in [-0.3, -0.25) is 9.59 Å². The summed E-state index contributed by atoms with van der Waals surface area (Å²) in [6.45, 7) is 8.65. The topological polar surface area (TPSA) is 34.1 Å². The van der Waals surface area contributed by atoms with E-state index in [1.807, 2.05) is 20.8 Å². The Morgan fingerprint density at radius 1 is 1.00 bits per heavy atom. The van der Waals surface area contributed by atoms with E-state index in [2.05, 4.69) is 0 Å². The third-order valence-electron chi connectivity index (χ3n) is 1.68. The Balaban J connectivity index is 4.63. The van der Waals surface area contributed by atoms with Gasteiger partial charge in [0.2, 0.25) is 0 Å². The van der Waals surface area contributed by atoms with E-state index < -0.39 is 5.92 Å². The maximum atomic E-state index is 11.0. The van der Waals surface area contributed by atoms with Crippen LogP contribution in [0.5, 0.6) is 0 Å². The second kappa shape index (κ2) is 3.16. The second-order valence-electron chi connectivity index (χ2n) is 4.02. The van der Waals surface area contributed by atoms with Gasteiger partial charge in [0.1, 0.15) is 11.6 Å². The molecule has 64 valence electrons. The maximum absolute atomic E-state index is 11.0. The molecule has 0 saturated carbocycles. The Kier molecular flexibility index (Phi) is 2.97. The van der Waals surface area contributed by atoms with E-state index in [1.165, 1.54) is 13.8 Å². The summed E-state index contributed by atoms with van der Waals surface area (Å²) in [4.78, 5) is 22.0. The Labute approximate surface area is 68.0 Å². The molecular formula is C9H16O2. The van der Waals surface area contributed by atoms with Crippen LogP contribution in [-0.4, -0.2) is 11.6 Å². The minimum Gasteiger partial charge on any atom is -0.299 e. The molecule has 0 atom stereocenters. The van der Waals surface area contributed by atoms with Crippen molar-refractivity contribution in [2.75, 3.05) is 0 Å². The molecule has 0 unspecified atom stereocenters. The van der Waals surface area contributed by atoms with Gasteiger partial charge in [-0.1, -0.05) is 20.8 Å². The fourth-order valence-electron chi connectivity index (χ4n) is 1.51. The lowest BCUT2D eigenvalue weighted by molar-refractivity contribution is -0.134. The predicted molar refractivity (Wildman–Crippen MR) is 44.3 cm³/mol. The maximum Gasteiger partial charge on any atom is 0.140 e. The third-order valence-corrected chi connectivity index (χ3v) is 1.68. The zero-order valence-corrected chi connectivity index (χ0v) is 7.89. The first-order valence-electron chi connectivity index (χ1n) is 3.77. The lowest BCUT2D eigenvalue weighted by Crippen LogP contribution is -2.32. The van der Waals surface area contributed by atoms with Crippen molar-refractivity contribution in [1.29, 1.82) is 0 Å². The van der Waals surface area contributed by atoms with E-state index in [4.69, 9.17) is 0 Å². The number of Topliss-reactive ketones (excluding diaryl/α,β-unsaturated/α-hetero) is 2. The largest absolute Gasteiger partial charge is 0.299 e. The molecule has 0 saturated heterocycles. The molecule has 0 spiro atoms. The number of ketones is 2. The van der Waals surface area contributed by atoms with Gasteiger partial charge >= 0.3 is 0 Å². The van der Waals surface area contributed by atoms with E-state index in [0.717, 1.165) is 0 Å². The van der Waals surface area contributed by atoms with Crippen LogP contribution in [0.25, 0.3) is 0 Å². The minimum atomic E-state index is -0.442. The van der Waals surface area contributed by atoms with Gasteiger partial charge < -0.3 is 0 Å². The van der Waals surface area contributed by atoms with Crippen LogP contribution in [0.15, 0.2) is 0 Å². The minimum absolute atomic E-state index is 0.0370. The quantitative estimate of drug-likeness (QED) is 0.571. The third kappa shape index (κ3) is 2.83. The molecule has 2 heteroatoms. The van der Waals surface area contributed by atoms with Crippen LogP contribution in [0.1, 0.15) is 34.6 Å². The molecule has 0 heterocycles. The molecule has 0 amide bonds. The normalized spacial score (nSPS) is 11.8. The number of rotatable bonds is 2. The Morgan fingerprint density at radius 3 is 1.27 bits per heavy atom. The van der Waals surface area contributed by atoms with Gasteiger partial charge in [-0.15, -0.1) is 0 Å². The number of hydrogen-bond acceptors (Lipinski definition) is 2. The summed E-state index contributed by atoms with van der Waals surface area (Å²) >= 11 is 0. The van der Waals surface area contributed by atoms with Crippen molar-refractivity contribution in [3.05, 3.63) is 0 Å². The van der Waals surface area contributed by atoms with Crippen LogP contribution < -0.4 is 0 Å². The average molecular weight is 156 g/mol. The van der Waals surface area contributed by atoms with Crippen molar-refractivity contribution in [2.45, 2.75) is 34.6 Å². The number of carbonyl (C=O) groups excluding carboxylic acids is 2. The van der Waals surface area contributed by atoms with Gasteiger partial charge in [0, 0.05) is 0 Å². The van der Waals surface area contributed by atoms with Gasteiger partial charge in [0.25, 0.3) is 0 Å². The summed E-state index contributed by atoms with van der Waals surface area (Å²) in [5.74, 6) is -0.516. The summed E-state index contributed by atoms with van der Waals surface area (Å²) in [7, 11) is 0. The SMILES string of the molecule is CC(=O)C(C(C)=O)C(C)(C)C. The first kappa shape index (κ1) is 10.3. The van der Waals surface area contributed by atoms with Crippen molar-refractivity contribution in [3.63, 3.8) is 0 Å². The first-order chi connectivity index (χ1) is 4.76. The van der Waals surface area contributed by atoms with Crippen LogP contribution in [-0.2, 0) is 9.59 Å². The molecular weight excluding hydrogens is 140 g/mol. The highest BCUT2D eigenvalue weighted by atomic mass is 16.1. The molecule has 0 radical (unpaired) electrons. The fraction of sp³-hybridized carbons (Fsp3) is 0.778. The van der Waals surface area contributed by atoms with Crippen molar-refractivity contribution in [1.82, 2.24) is 0 Å². The lowest BCUT2D eigenvalue weighted by Gasteiger charge is -2.25. The number of hydrogen-bond donors (Lipinski definition) is 0. The molecule has 0 aliphatic rings. The standard InChI is InChI=1S/C9H16O2/c1-6(10)8(7(2)11)9(3,4)5/h8H,1-5H3. The second-order valence-corrected chi connectivity index (χ2v) is 4.02. The molecule has 0 fully saturated rings. The van der Waals surface area contributed by atoms with E-state index in [0.29, 0.717) is 0 Å². The average Bonchev–Trinajstić information content (AvgIpc) is 1.54. The van der Waals surface area contributed by atoms with Crippen molar-refractivity contribution in [3.8, 4) is 0 Å². The molecule has 0 bridgehead atoms. The molecule has 0 aromatic heterocycles. The highest BCUT2D eigenvalue weighted by Crippen LogP contribution is 2.27. The van der Waals surface area contributed by atoms with Crippen LogP contribution in [0, 0.1) is 11.3 Å². The van der Waals surface area contributed by atoms with Gasteiger partial charge in [-0.05, 0) is 19.3 Å². The van der Waals surface area contributed by atoms with Crippen molar-refractivity contribution in [2.24, 2.45) is 11.3 Å². The Morgan fingerprint density at radius 2 is 1.27 bits per heavy atom. The number of carbonyl (C=O) groups is 2. The molecule has 0 aliphatic heterocycles. The van der Waals surface area contributed by atoms with E-state index in [9.17, 15) is 9.59 Å². The molecule has 2 nitrogen and oxygen atoms in total. The van der Waals surface area contributed by atoms with Crippen molar-refractivity contribution >= 4 is 11.6 Å². The summed E-state index contributed by atoms with van der Waals surface area (Å²) in [6, 6.07) is 0. The summed E-state index contributed by atoms with van der Waals surface area (Å²) in [5.41, 5.74) is -0.238. The van der Waals surface area contributed by atoms with E-state index in [1.54, 1.807) is 0 Å². The van der Waals surface area contributed by atoms with E-state index in [-0.39, 0.29) is 17.0 Å². The highest BCUT2D eigenvalue weighted by Gasteiger charge is 2.32. The van der Waals surface area contributed by atoms with Gasteiger partial charge in [-0.2, -0.15) is 0 Å². The molecule has 11 heavy (non-hydrogen) atoms. The van der Waals surface area contributed by atoms with Crippen LogP contribution in [0.2, 0.25) is 0 Å². The molecule has 0 aromatic carbocycles. The summed E-state index contributed by atoms with van der Waals surface area (Å²) < 4.78 is 0. The zero-order chi connectivity index (χ0) is 9.23. The lowest BCUT2D eigenvalue weighted by atomic mass is 9.76. The Hall–Kier alpha value is -0.660. The first-order valence-corrected chi connectivity index (χ1v) is 3.77. The molecule has 0 N–H and O–H groups in total. The highest BCUT2D eigenvalue weighted by molar-refractivity contribution is 6.00. The van der Waals surface area contributed by atoms with Crippen LogP contribution in [0.3, 0.4) is 0 Å². The smallest absolute Gasteiger partial charge is 0.140 e. The van der Waals surface area contributed by atoms with E-state index >= 15 is 0 Å². The zero-order valence-electron chi connectivity index (χ0n) is 7.89. The molecule has 0 aliphatic carbocycles. The van der Waals surface area contributed by atoms with Gasteiger partial charge in [0.05, 0.1) is 5.92 Å². The summed E-state index contributed by atoms with van der Waals surface area (Å²) in [6.07, 6.45) is 0. The fourth-order valence-corrected chi connectivity index (χ4v) is 1.51. The predicted octanol–water partition coefficient (Wildman–Crippen LogP) is 1.83.